The standard InChI is InChI=1S/C19H20N2O2/c22-19(17-7-2-1-3-8-17,18-9-4-5-11-20-18)10-6-12-21-13-15-23-16-14-21/h1-5,7-9,11,22H,12-16H2. The Labute approximate surface area is 136 Å². The Morgan fingerprint density at radius 2 is 1.83 bits per heavy atom. The molecule has 1 aliphatic rings. The van der Waals surface area contributed by atoms with E-state index in [2.05, 4.69) is 21.7 Å². The summed E-state index contributed by atoms with van der Waals surface area (Å²) in [4.78, 5) is 6.53. The normalized spacial score (nSPS) is 17.8. The van der Waals surface area contributed by atoms with E-state index in [1.807, 2.05) is 42.5 Å². The molecule has 0 radical (unpaired) electrons. The number of hydrogen-bond donors (Lipinski definition) is 1. The number of benzene rings is 1. The molecule has 1 saturated heterocycles. The highest BCUT2D eigenvalue weighted by Crippen LogP contribution is 2.27. The minimum absolute atomic E-state index is 0.542. The number of nitrogens with zero attached hydrogens (tertiary/aromatic N) is 2. The number of hydrogen-bond acceptors (Lipinski definition) is 4. The fraction of sp³-hybridized carbons (Fsp3) is 0.316. The summed E-state index contributed by atoms with van der Waals surface area (Å²) in [6, 6.07) is 15.0. The smallest absolute Gasteiger partial charge is 0.194 e. The Morgan fingerprint density at radius 3 is 2.52 bits per heavy atom. The lowest BCUT2D eigenvalue weighted by Crippen LogP contribution is -2.36. The van der Waals surface area contributed by atoms with Crippen LogP contribution in [0.3, 0.4) is 0 Å². The van der Waals surface area contributed by atoms with Gasteiger partial charge in [-0.05, 0) is 12.1 Å². The molecule has 0 aliphatic carbocycles. The molecule has 1 aromatic carbocycles. The highest BCUT2D eigenvalue weighted by Gasteiger charge is 2.30. The van der Waals surface area contributed by atoms with Gasteiger partial charge in [0.25, 0.3) is 0 Å². The second kappa shape index (κ2) is 7.38. The van der Waals surface area contributed by atoms with Crippen molar-refractivity contribution in [2.75, 3.05) is 32.8 Å². The maximum absolute atomic E-state index is 11.2. The van der Waals surface area contributed by atoms with E-state index in [0.717, 1.165) is 31.9 Å². The molecule has 1 N–H and O–H groups in total. The Morgan fingerprint density at radius 1 is 1.09 bits per heavy atom. The summed E-state index contributed by atoms with van der Waals surface area (Å²) in [6.07, 6.45) is 1.67. The predicted molar refractivity (Wildman–Crippen MR) is 88.7 cm³/mol. The molecule has 118 valence electrons. The minimum atomic E-state index is -1.39. The Balaban J connectivity index is 1.87. The van der Waals surface area contributed by atoms with Gasteiger partial charge < -0.3 is 9.84 Å². The van der Waals surface area contributed by atoms with Crippen molar-refractivity contribution in [2.24, 2.45) is 0 Å². The number of aromatic nitrogens is 1. The van der Waals surface area contributed by atoms with E-state index in [9.17, 15) is 5.11 Å². The first kappa shape index (κ1) is 15.7. The Kier molecular flexibility index (Phi) is 5.04. The maximum Gasteiger partial charge on any atom is 0.194 e. The van der Waals surface area contributed by atoms with Crippen LogP contribution in [0.15, 0.2) is 54.7 Å². The van der Waals surface area contributed by atoms with Crippen LogP contribution in [0.4, 0.5) is 0 Å². The van der Waals surface area contributed by atoms with Crippen molar-refractivity contribution in [3.63, 3.8) is 0 Å². The molecule has 2 heterocycles. The van der Waals surface area contributed by atoms with E-state index in [1.165, 1.54) is 0 Å². The molecule has 4 heteroatoms. The zero-order valence-electron chi connectivity index (χ0n) is 13.0. The van der Waals surface area contributed by atoms with Crippen LogP contribution in [0.2, 0.25) is 0 Å². The lowest BCUT2D eigenvalue weighted by Gasteiger charge is -2.25. The second-order valence-electron chi connectivity index (χ2n) is 5.48. The number of rotatable bonds is 3. The topological polar surface area (TPSA) is 45.6 Å². The quantitative estimate of drug-likeness (QED) is 0.876. The molecule has 1 atom stereocenters. The molecule has 3 rings (SSSR count). The molecule has 0 amide bonds. The van der Waals surface area contributed by atoms with E-state index in [4.69, 9.17) is 4.74 Å². The van der Waals surface area contributed by atoms with Crippen LogP contribution in [0.5, 0.6) is 0 Å². The lowest BCUT2D eigenvalue weighted by atomic mass is 9.90. The fourth-order valence-corrected chi connectivity index (χ4v) is 2.58. The monoisotopic (exact) mass is 308 g/mol. The van der Waals surface area contributed by atoms with Gasteiger partial charge >= 0.3 is 0 Å². The summed E-state index contributed by atoms with van der Waals surface area (Å²) in [7, 11) is 0. The van der Waals surface area contributed by atoms with E-state index < -0.39 is 5.60 Å². The summed E-state index contributed by atoms with van der Waals surface area (Å²) in [5.74, 6) is 6.16. The van der Waals surface area contributed by atoms with Gasteiger partial charge in [0.2, 0.25) is 0 Å². The molecule has 0 spiro atoms. The SMILES string of the molecule is OC(C#CCN1CCOCC1)(c1ccccc1)c1ccccn1. The van der Waals surface area contributed by atoms with Crippen molar-refractivity contribution < 1.29 is 9.84 Å². The van der Waals surface area contributed by atoms with E-state index in [1.54, 1.807) is 12.3 Å². The van der Waals surface area contributed by atoms with Gasteiger partial charge in [0, 0.05) is 24.8 Å². The summed E-state index contributed by atoms with van der Waals surface area (Å²) >= 11 is 0. The third-order valence-corrected chi connectivity index (χ3v) is 3.90. The first-order chi connectivity index (χ1) is 11.3. The van der Waals surface area contributed by atoms with Crippen LogP contribution in [0.25, 0.3) is 0 Å². The highest BCUT2D eigenvalue weighted by molar-refractivity contribution is 5.41. The van der Waals surface area contributed by atoms with Gasteiger partial charge in [-0.2, -0.15) is 0 Å². The third kappa shape index (κ3) is 3.77. The van der Waals surface area contributed by atoms with Crippen molar-refractivity contribution in [3.8, 4) is 11.8 Å². The molecule has 23 heavy (non-hydrogen) atoms. The predicted octanol–water partition coefficient (Wildman–Crippen LogP) is 1.65. The van der Waals surface area contributed by atoms with Crippen LogP contribution in [-0.4, -0.2) is 47.8 Å². The van der Waals surface area contributed by atoms with Crippen molar-refractivity contribution >= 4 is 0 Å². The van der Waals surface area contributed by atoms with Crippen molar-refractivity contribution in [3.05, 3.63) is 66.0 Å². The number of morpholine rings is 1. The molecular formula is C19H20N2O2. The number of aliphatic hydroxyl groups is 1. The Hall–Kier alpha value is -2.19. The number of ether oxygens (including phenoxy) is 1. The molecular weight excluding hydrogens is 288 g/mol. The average Bonchev–Trinajstić information content (AvgIpc) is 2.64. The van der Waals surface area contributed by atoms with Gasteiger partial charge in [-0.1, -0.05) is 48.2 Å². The molecule has 0 bridgehead atoms. The maximum atomic E-state index is 11.2. The summed E-state index contributed by atoms with van der Waals surface area (Å²) in [5, 5.41) is 11.2. The molecule has 1 unspecified atom stereocenters. The first-order valence-electron chi connectivity index (χ1n) is 7.78. The summed E-state index contributed by atoms with van der Waals surface area (Å²) < 4.78 is 5.34. The third-order valence-electron chi connectivity index (χ3n) is 3.90. The van der Waals surface area contributed by atoms with Crippen LogP contribution in [0.1, 0.15) is 11.3 Å². The van der Waals surface area contributed by atoms with E-state index in [0.29, 0.717) is 12.2 Å². The van der Waals surface area contributed by atoms with Gasteiger partial charge in [-0.25, -0.2) is 0 Å². The van der Waals surface area contributed by atoms with Crippen LogP contribution >= 0.6 is 0 Å². The van der Waals surface area contributed by atoms with Gasteiger partial charge in [-0.15, -0.1) is 0 Å². The second-order valence-corrected chi connectivity index (χ2v) is 5.48. The summed E-state index contributed by atoms with van der Waals surface area (Å²) in [5.41, 5.74) is -0.122. The zero-order valence-corrected chi connectivity index (χ0v) is 13.0. The minimum Gasteiger partial charge on any atom is -0.379 e. The van der Waals surface area contributed by atoms with E-state index in [-0.39, 0.29) is 0 Å². The molecule has 1 fully saturated rings. The average molecular weight is 308 g/mol. The van der Waals surface area contributed by atoms with Gasteiger partial charge in [-0.3, -0.25) is 9.88 Å². The van der Waals surface area contributed by atoms with Crippen LogP contribution in [0, 0.1) is 11.8 Å². The largest absolute Gasteiger partial charge is 0.379 e. The van der Waals surface area contributed by atoms with Crippen molar-refractivity contribution in [2.45, 2.75) is 5.60 Å². The van der Waals surface area contributed by atoms with Crippen LogP contribution < -0.4 is 0 Å². The van der Waals surface area contributed by atoms with Crippen LogP contribution in [-0.2, 0) is 10.3 Å². The van der Waals surface area contributed by atoms with Gasteiger partial charge in [0.05, 0.1) is 25.5 Å². The molecule has 4 nitrogen and oxygen atoms in total. The van der Waals surface area contributed by atoms with E-state index >= 15 is 0 Å². The zero-order chi connectivity index (χ0) is 16.0. The lowest BCUT2D eigenvalue weighted by molar-refractivity contribution is 0.0442. The molecule has 0 saturated carbocycles. The fourth-order valence-electron chi connectivity index (χ4n) is 2.58. The van der Waals surface area contributed by atoms with Crippen molar-refractivity contribution in [1.29, 1.82) is 0 Å². The molecule has 2 aromatic rings. The molecule has 1 aromatic heterocycles. The highest BCUT2D eigenvalue weighted by atomic mass is 16.5. The summed E-state index contributed by atoms with van der Waals surface area (Å²) in [6.45, 7) is 3.85. The van der Waals surface area contributed by atoms with Crippen molar-refractivity contribution in [1.82, 2.24) is 9.88 Å². The first-order valence-corrected chi connectivity index (χ1v) is 7.78. The van der Waals surface area contributed by atoms with Gasteiger partial charge in [0.1, 0.15) is 0 Å². The van der Waals surface area contributed by atoms with Gasteiger partial charge in [0.15, 0.2) is 5.60 Å². The molecule has 1 aliphatic heterocycles. The number of pyridine rings is 1. The Bertz CT molecular complexity index is 631.